The van der Waals surface area contributed by atoms with Crippen LogP contribution in [0.5, 0.6) is 0 Å². The average Bonchev–Trinajstić information content (AvgIpc) is 2.55. The minimum atomic E-state index is -4.38. The smallest absolute Gasteiger partial charge is 0.318 e. The third kappa shape index (κ3) is 4.62. The van der Waals surface area contributed by atoms with Gasteiger partial charge in [-0.2, -0.15) is 4.31 Å². The molecule has 0 bridgehead atoms. The van der Waals surface area contributed by atoms with Crippen molar-refractivity contribution in [2.24, 2.45) is 0 Å². The minimum Gasteiger partial charge on any atom is -0.480 e. The van der Waals surface area contributed by atoms with Gasteiger partial charge in [-0.05, 0) is 23.8 Å². The van der Waals surface area contributed by atoms with Gasteiger partial charge in [0.25, 0.3) is 15.7 Å². The number of nitro groups is 1. The zero-order chi connectivity index (χ0) is 18.6. The molecule has 0 amide bonds. The Morgan fingerprint density at radius 2 is 1.76 bits per heavy atom. The largest absolute Gasteiger partial charge is 0.480 e. The molecule has 0 radical (unpaired) electrons. The first-order valence-corrected chi connectivity index (χ1v) is 9.15. The fourth-order valence-electron chi connectivity index (χ4n) is 2.14. The molecule has 10 heteroatoms. The minimum absolute atomic E-state index is 0.228. The SMILES string of the molecule is O=C(O)CN(Cc1ccc(Br)cc1)S(=O)(=O)c1ccccc1[N+](=O)[O-]. The van der Waals surface area contributed by atoms with E-state index in [0.717, 1.165) is 16.6 Å². The van der Waals surface area contributed by atoms with E-state index in [2.05, 4.69) is 15.9 Å². The van der Waals surface area contributed by atoms with Crippen molar-refractivity contribution in [1.82, 2.24) is 4.31 Å². The van der Waals surface area contributed by atoms with Gasteiger partial charge in [0.15, 0.2) is 4.90 Å². The van der Waals surface area contributed by atoms with Crippen molar-refractivity contribution in [3.63, 3.8) is 0 Å². The number of benzene rings is 2. The molecule has 0 spiro atoms. The van der Waals surface area contributed by atoms with E-state index in [1.54, 1.807) is 24.3 Å². The van der Waals surface area contributed by atoms with Gasteiger partial charge in [0, 0.05) is 17.1 Å². The Hall–Kier alpha value is -2.30. The predicted octanol–water partition coefficient (Wildman–Crippen LogP) is 2.63. The van der Waals surface area contributed by atoms with E-state index in [4.69, 9.17) is 5.11 Å². The Morgan fingerprint density at radius 3 is 2.32 bits per heavy atom. The average molecular weight is 429 g/mol. The highest BCUT2D eigenvalue weighted by atomic mass is 79.9. The van der Waals surface area contributed by atoms with E-state index in [1.807, 2.05) is 0 Å². The van der Waals surface area contributed by atoms with E-state index in [0.29, 0.717) is 9.87 Å². The van der Waals surface area contributed by atoms with Crippen molar-refractivity contribution in [1.29, 1.82) is 0 Å². The lowest BCUT2D eigenvalue weighted by atomic mass is 10.2. The maximum absolute atomic E-state index is 12.8. The lowest BCUT2D eigenvalue weighted by molar-refractivity contribution is -0.387. The Bertz CT molecular complexity index is 898. The summed E-state index contributed by atoms with van der Waals surface area (Å²) in [5.74, 6) is -1.36. The third-order valence-electron chi connectivity index (χ3n) is 3.26. The predicted molar refractivity (Wildman–Crippen MR) is 92.5 cm³/mol. The third-order valence-corrected chi connectivity index (χ3v) is 5.63. The molecule has 0 unspecified atom stereocenters. The lowest BCUT2D eigenvalue weighted by Crippen LogP contribution is -2.35. The summed E-state index contributed by atoms with van der Waals surface area (Å²) in [5, 5.41) is 20.2. The van der Waals surface area contributed by atoms with Crippen LogP contribution < -0.4 is 0 Å². The van der Waals surface area contributed by atoms with Gasteiger partial charge in [0.1, 0.15) is 6.54 Å². The van der Waals surface area contributed by atoms with Gasteiger partial charge in [-0.25, -0.2) is 8.42 Å². The van der Waals surface area contributed by atoms with Crippen LogP contribution in [0, 0.1) is 10.1 Å². The Kier molecular flexibility index (Phi) is 5.88. The number of carboxylic acids is 1. The molecule has 8 nitrogen and oxygen atoms in total. The number of carbonyl (C=O) groups is 1. The van der Waals surface area contributed by atoms with Crippen LogP contribution >= 0.6 is 15.9 Å². The van der Waals surface area contributed by atoms with E-state index < -0.39 is 38.0 Å². The summed E-state index contributed by atoms with van der Waals surface area (Å²) < 4.78 is 27.1. The zero-order valence-corrected chi connectivity index (χ0v) is 15.1. The van der Waals surface area contributed by atoms with Crippen LogP contribution in [0.15, 0.2) is 57.9 Å². The zero-order valence-electron chi connectivity index (χ0n) is 12.7. The molecule has 0 aliphatic rings. The molecule has 0 fully saturated rings. The molecule has 0 saturated carbocycles. The van der Waals surface area contributed by atoms with Crippen LogP contribution in [0.4, 0.5) is 5.69 Å². The molecule has 2 rings (SSSR count). The van der Waals surface area contributed by atoms with Gasteiger partial charge in [0.2, 0.25) is 0 Å². The molecule has 1 N–H and O–H groups in total. The Morgan fingerprint density at radius 1 is 1.16 bits per heavy atom. The maximum atomic E-state index is 12.8. The number of sulfonamides is 1. The standard InChI is InChI=1S/C15H13BrN2O6S/c16-12-7-5-11(6-8-12)9-17(10-15(19)20)25(23,24)14-4-2-1-3-13(14)18(21)22/h1-8H,9-10H2,(H,19,20). The molecule has 2 aromatic rings. The van der Waals surface area contributed by atoms with Crippen LogP contribution in [0.1, 0.15) is 5.56 Å². The van der Waals surface area contributed by atoms with Crippen molar-refractivity contribution in [3.05, 3.63) is 68.7 Å². The summed E-state index contributed by atoms with van der Waals surface area (Å²) in [4.78, 5) is 20.9. The highest BCUT2D eigenvalue weighted by Gasteiger charge is 2.32. The van der Waals surface area contributed by atoms with Crippen molar-refractivity contribution < 1.29 is 23.2 Å². The summed E-state index contributed by atoms with van der Waals surface area (Å²) >= 11 is 3.25. The number of rotatable bonds is 7. The number of nitro benzene ring substituents is 1. The van der Waals surface area contributed by atoms with Crippen molar-refractivity contribution in [2.45, 2.75) is 11.4 Å². The van der Waals surface area contributed by atoms with Crippen molar-refractivity contribution >= 4 is 37.6 Å². The highest BCUT2D eigenvalue weighted by molar-refractivity contribution is 9.10. The molecule has 0 atom stereocenters. The van der Waals surface area contributed by atoms with Gasteiger partial charge in [0.05, 0.1) is 4.92 Å². The molecule has 0 aliphatic heterocycles. The van der Waals surface area contributed by atoms with E-state index in [9.17, 15) is 23.3 Å². The molecule has 0 heterocycles. The number of halogens is 1. The first kappa shape index (κ1) is 19.0. The van der Waals surface area contributed by atoms with E-state index in [1.165, 1.54) is 12.1 Å². The Labute approximate surface area is 152 Å². The molecule has 0 aliphatic carbocycles. The topological polar surface area (TPSA) is 118 Å². The van der Waals surface area contributed by atoms with Crippen LogP contribution in [0.2, 0.25) is 0 Å². The van der Waals surface area contributed by atoms with Crippen LogP contribution in [-0.4, -0.2) is 35.3 Å². The van der Waals surface area contributed by atoms with Gasteiger partial charge in [-0.15, -0.1) is 0 Å². The summed E-state index contributed by atoms with van der Waals surface area (Å²) in [5.41, 5.74) is -0.0553. The van der Waals surface area contributed by atoms with Gasteiger partial charge >= 0.3 is 5.97 Å². The van der Waals surface area contributed by atoms with Crippen LogP contribution in [-0.2, 0) is 21.4 Å². The normalized spacial score (nSPS) is 11.4. The second-order valence-electron chi connectivity index (χ2n) is 5.02. The lowest BCUT2D eigenvalue weighted by Gasteiger charge is -2.20. The fraction of sp³-hybridized carbons (Fsp3) is 0.133. The van der Waals surface area contributed by atoms with Gasteiger partial charge in [-0.3, -0.25) is 14.9 Å². The number of hydrogen-bond acceptors (Lipinski definition) is 5. The summed E-state index contributed by atoms with van der Waals surface area (Å²) in [6.07, 6.45) is 0. The first-order chi connectivity index (χ1) is 11.7. The van der Waals surface area contributed by atoms with Crippen LogP contribution in [0.25, 0.3) is 0 Å². The molecule has 25 heavy (non-hydrogen) atoms. The summed E-state index contributed by atoms with van der Waals surface area (Å²) in [6.45, 7) is -1.04. The van der Waals surface area contributed by atoms with E-state index >= 15 is 0 Å². The second-order valence-corrected chi connectivity index (χ2v) is 7.84. The molecular formula is C15H13BrN2O6S. The van der Waals surface area contributed by atoms with Crippen molar-refractivity contribution in [2.75, 3.05) is 6.54 Å². The highest BCUT2D eigenvalue weighted by Crippen LogP contribution is 2.27. The summed E-state index contributed by atoms with van der Waals surface area (Å²) in [7, 11) is -4.38. The summed E-state index contributed by atoms with van der Waals surface area (Å²) in [6, 6.07) is 11.5. The number of para-hydroxylation sites is 1. The Balaban J connectivity index is 2.47. The monoisotopic (exact) mass is 428 g/mol. The molecule has 0 aromatic heterocycles. The second kappa shape index (κ2) is 7.72. The number of aliphatic carboxylic acids is 1. The van der Waals surface area contributed by atoms with E-state index in [-0.39, 0.29) is 6.54 Å². The number of nitrogens with zero attached hydrogens (tertiary/aromatic N) is 2. The van der Waals surface area contributed by atoms with Crippen molar-refractivity contribution in [3.8, 4) is 0 Å². The van der Waals surface area contributed by atoms with Gasteiger partial charge < -0.3 is 5.11 Å². The quantitative estimate of drug-likeness (QED) is 0.534. The molecular weight excluding hydrogens is 416 g/mol. The molecule has 0 saturated heterocycles. The molecule has 2 aromatic carbocycles. The number of carboxylic acid groups (broad SMARTS) is 1. The van der Waals surface area contributed by atoms with Gasteiger partial charge in [-0.1, -0.05) is 40.2 Å². The number of hydrogen-bond donors (Lipinski definition) is 1. The first-order valence-electron chi connectivity index (χ1n) is 6.91. The molecule has 132 valence electrons. The van der Waals surface area contributed by atoms with Crippen LogP contribution in [0.3, 0.4) is 0 Å². The maximum Gasteiger partial charge on any atom is 0.318 e. The fourth-order valence-corrected chi connectivity index (χ4v) is 3.93.